The van der Waals surface area contributed by atoms with Gasteiger partial charge in [0.15, 0.2) is 0 Å². The molecule has 0 saturated carbocycles. The number of rotatable bonds is 2. The highest BCUT2D eigenvalue weighted by Gasteiger charge is 2.21. The molecule has 16 heavy (non-hydrogen) atoms. The van der Waals surface area contributed by atoms with E-state index in [0.29, 0.717) is 12.0 Å². The van der Waals surface area contributed by atoms with Crippen molar-refractivity contribution in [1.82, 2.24) is 5.32 Å². The molecular weight excluding hydrogens is 194 g/mol. The largest absolute Gasteiger partial charge is 0.310 e. The van der Waals surface area contributed by atoms with Crippen LogP contribution in [0.4, 0.5) is 0 Å². The number of hydrogen-bond donors (Lipinski definition) is 1. The van der Waals surface area contributed by atoms with Crippen LogP contribution in [0, 0.1) is 25.2 Å². The van der Waals surface area contributed by atoms with Gasteiger partial charge in [0.05, 0.1) is 0 Å². The van der Waals surface area contributed by atoms with Crippen molar-refractivity contribution in [3.05, 3.63) is 35.4 Å². The van der Waals surface area contributed by atoms with E-state index in [0.717, 1.165) is 13.0 Å². The first-order valence-corrected chi connectivity index (χ1v) is 6.03. The zero-order valence-electron chi connectivity index (χ0n) is 9.87. The summed E-state index contributed by atoms with van der Waals surface area (Å²) in [4.78, 5) is 0. The molecule has 1 aliphatic rings. The van der Waals surface area contributed by atoms with Gasteiger partial charge in [-0.25, -0.2) is 0 Å². The highest BCUT2D eigenvalue weighted by Crippen LogP contribution is 2.28. The second-order valence-corrected chi connectivity index (χ2v) is 4.72. The molecule has 1 aromatic carbocycles. The Morgan fingerprint density at radius 1 is 1.38 bits per heavy atom. The van der Waals surface area contributed by atoms with Gasteiger partial charge in [-0.05, 0) is 37.8 Å². The molecule has 1 unspecified atom stereocenters. The molecule has 1 aromatic rings. The minimum absolute atomic E-state index is 0.493. The first-order chi connectivity index (χ1) is 7.79. The van der Waals surface area contributed by atoms with Crippen LogP contribution in [-0.2, 0) is 0 Å². The fourth-order valence-electron chi connectivity index (χ4n) is 2.40. The summed E-state index contributed by atoms with van der Waals surface area (Å²) >= 11 is 0. The molecule has 2 rings (SSSR count). The van der Waals surface area contributed by atoms with Gasteiger partial charge in [0.1, 0.15) is 0 Å². The predicted octanol–water partition coefficient (Wildman–Crippen LogP) is 3.06. The SMILES string of the molecule is C#CCC1CCN[C@H](c2ccc(C)cc2)C1. The first-order valence-electron chi connectivity index (χ1n) is 6.03. The van der Waals surface area contributed by atoms with E-state index >= 15 is 0 Å². The molecule has 0 spiro atoms. The molecule has 0 amide bonds. The van der Waals surface area contributed by atoms with Crippen LogP contribution in [0.3, 0.4) is 0 Å². The molecule has 0 bridgehead atoms. The van der Waals surface area contributed by atoms with E-state index in [4.69, 9.17) is 6.42 Å². The number of aryl methyl sites for hydroxylation is 1. The molecule has 1 aliphatic heterocycles. The van der Waals surface area contributed by atoms with E-state index in [1.165, 1.54) is 24.0 Å². The summed E-state index contributed by atoms with van der Waals surface area (Å²) in [6.07, 6.45) is 8.70. The summed E-state index contributed by atoms with van der Waals surface area (Å²) < 4.78 is 0. The molecule has 1 heteroatoms. The molecule has 1 heterocycles. The van der Waals surface area contributed by atoms with Gasteiger partial charge in [0.25, 0.3) is 0 Å². The highest BCUT2D eigenvalue weighted by molar-refractivity contribution is 5.24. The number of benzene rings is 1. The van der Waals surface area contributed by atoms with Gasteiger partial charge in [0.2, 0.25) is 0 Å². The van der Waals surface area contributed by atoms with Crippen LogP contribution in [0.25, 0.3) is 0 Å². The number of piperidine rings is 1. The van der Waals surface area contributed by atoms with E-state index in [1.54, 1.807) is 0 Å². The van der Waals surface area contributed by atoms with E-state index in [-0.39, 0.29) is 0 Å². The predicted molar refractivity (Wildman–Crippen MR) is 68.1 cm³/mol. The van der Waals surface area contributed by atoms with Crippen molar-refractivity contribution < 1.29 is 0 Å². The minimum atomic E-state index is 0.493. The maximum absolute atomic E-state index is 5.39. The zero-order chi connectivity index (χ0) is 11.4. The minimum Gasteiger partial charge on any atom is -0.310 e. The summed E-state index contributed by atoms with van der Waals surface area (Å²) in [6.45, 7) is 3.21. The van der Waals surface area contributed by atoms with Crippen molar-refractivity contribution in [3.8, 4) is 12.3 Å². The Morgan fingerprint density at radius 2 is 2.12 bits per heavy atom. The quantitative estimate of drug-likeness (QED) is 0.744. The van der Waals surface area contributed by atoms with Crippen molar-refractivity contribution in [2.75, 3.05) is 6.54 Å². The third kappa shape index (κ3) is 2.65. The average molecular weight is 213 g/mol. The highest BCUT2D eigenvalue weighted by atomic mass is 14.9. The standard InChI is InChI=1S/C15H19N/c1-3-4-13-9-10-16-15(11-13)14-7-5-12(2)6-8-14/h1,5-8,13,15-16H,4,9-11H2,2H3/t13?,15-/m0/s1. The monoisotopic (exact) mass is 213 g/mol. The second-order valence-electron chi connectivity index (χ2n) is 4.72. The van der Waals surface area contributed by atoms with E-state index in [1.807, 2.05) is 0 Å². The van der Waals surface area contributed by atoms with Gasteiger partial charge in [-0.15, -0.1) is 12.3 Å². The van der Waals surface area contributed by atoms with E-state index in [2.05, 4.69) is 42.4 Å². The van der Waals surface area contributed by atoms with Crippen LogP contribution in [0.1, 0.15) is 36.4 Å². The topological polar surface area (TPSA) is 12.0 Å². The van der Waals surface area contributed by atoms with Crippen molar-refractivity contribution in [2.45, 2.75) is 32.2 Å². The molecule has 0 radical (unpaired) electrons. The third-order valence-corrected chi connectivity index (χ3v) is 3.40. The Balaban J connectivity index is 2.04. The van der Waals surface area contributed by atoms with Crippen molar-refractivity contribution in [3.63, 3.8) is 0 Å². The molecule has 1 saturated heterocycles. The van der Waals surface area contributed by atoms with Crippen LogP contribution >= 0.6 is 0 Å². The van der Waals surface area contributed by atoms with Crippen molar-refractivity contribution in [2.24, 2.45) is 5.92 Å². The van der Waals surface area contributed by atoms with Gasteiger partial charge < -0.3 is 5.32 Å². The summed E-state index contributed by atoms with van der Waals surface area (Å²) in [5.74, 6) is 3.48. The van der Waals surface area contributed by atoms with E-state index < -0.39 is 0 Å². The van der Waals surface area contributed by atoms with Gasteiger partial charge in [0, 0.05) is 12.5 Å². The lowest BCUT2D eigenvalue weighted by atomic mass is 9.87. The lowest BCUT2D eigenvalue weighted by Gasteiger charge is -2.29. The Morgan fingerprint density at radius 3 is 2.81 bits per heavy atom. The van der Waals surface area contributed by atoms with Crippen molar-refractivity contribution in [1.29, 1.82) is 0 Å². The van der Waals surface area contributed by atoms with Gasteiger partial charge in [-0.1, -0.05) is 29.8 Å². The number of nitrogens with one attached hydrogen (secondary N) is 1. The van der Waals surface area contributed by atoms with Gasteiger partial charge in [-0.2, -0.15) is 0 Å². The van der Waals surface area contributed by atoms with Crippen LogP contribution < -0.4 is 5.32 Å². The zero-order valence-corrected chi connectivity index (χ0v) is 9.87. The maximum Gasteiger partial charge on any atom is 0.0323 e. The Bertz CT molecular complexity index is 371. The third-order valence-electron chi connectivity index (χ3n) is 3.40. The molecular formula is C15H19N. The fourth-order valence-corrected chi connectivity index (χ4v) is 2.40. The molecule has 1 N–H and O–H groups in total. The average Bonchev–Trinajstić information content (AvgIpc) is 2.31. The summed E-state index contributed by atoms with van der Waals surface area (Å²) in [6, 6.07) is 9.31. The normalized spacial score (nSPS) is 25.0. The summed E-state index contributed by atoms with van der Waals surface area (Å²) in [7, 11) is 0. The molecule has 1 nitrogen and oxygen atoms in total. The second kappa shape index (κ2) is 5.18. The van der Waals surface area contributed by atoms with Crippen LogP contribution in [0.15, 0.2) is 24.3 Å². The summed E-state index contributed by atoms with van der Waals surface area (Å²) in [5, 5.41) is 3.57. The van der Waals surface area contributed by atoms with Crippen molar-refractivity contribution >= 4 is 0 Å². The molecule has 2 atom stereocenters. The lowest BCUT2D eigenvalue weighted by molar-refractivity contribution is 0.310. The van der Waals surface area contributed by atoms with Gasteiger partial charge in [-0.3, -0.25) is 0 Å². The van der Waals surface area contributed by atoms with Crippen LogP contribution in [-0.4, -0.2) is 6.54 Å². The Labute approximate surface area is 98.3 Å². The summed E-state index contributed by atoms with van der Waals surface area (Å²) in [5.41, 5.74) is 2.71. The van der Waals surface area contributed by atoms with Gasteiger partial charge >= 0.3 is 0 Å². The smallest absolute Gasteiger partial charge is 0.0323 e. The molecule has 1 fully saturated rings. The number of hydrogen-bond acceptors (Lipinski definition) is 1. The van der Waals surface area contributed by atoms with E-state index in [9.17, 15) is 0 Å². The molecule has 0 aliphatic carbocycles. The maximum atomic E-state index is 5.39. The number of terminal acetylenes is 1. The first kappa shape index (κ1) is 11.2. The molecule has 0 aromatic heterocycles. The lowest BCUT2D eigenvalue weighted by Crippen LogP contribution is -2.31. The fraction of sp³-hybridized carbons (Fsp3) is 0.467. The Kier molecular flexibility index (Phi) is 3.64. The Hall–Kier alpha value is -1.26. The van der Waals surface area contributed by atoms with Crippen LogP contribution in [0.2, 0.25) is 0 Å². The molecule has 84 valence electrons. The van der Waals surface area contributed by atoms with Crippen LogP contribution in [0.5, 0.6) is 0 Å².